The molecule has 134 valence electrons. The zero-order valence-electron chi connectivity index (χ0n) is 14.2. The highest BCUT2D eigenvalue weighted by Crippen LogP contribution is 2.27. The van der Waals surface area contributed by atoms with Crippen LogP contribution >= 0.6 is 11.3 Å². The molecule has 0 aliphatic carbocycles. The zero-order chi connectivity index (χ0) is 18.3. The number of hydrogen-bond acceptors (Lipinski definition) is 6. The highest BCUT2D eigenvalue weighted by Gasteiger charge is 2.21. The Morgan fingerprint density at radius 3 is 2.92 bits per heavy atom. The fraction of sp³-hybridized carbons (Fsp3) is 0.294. The summed E-state index contributed by atoms with van der Waals surface area (Å²) in [6.45, 7) is 3.41. The first-order valence-electron chi connectivity index (χ1n) is 8.29. The van der Waals surface area contributed by atoms with Gasteiger partial charge in [-0.05, 0) is 30.7 Å². The van der Waals surface area contributed by atoms with Crippen molar-refractivity contribution in [2.75, 3.05) is 17.6 Å². The number of fused-ring (bicyclic) bond motifs is 2. The van der Waals surface area contributed by atoms with Gasteiger partial charge in [-0.15, -0.1) is 0 Å². The molecule has 0 spiro atoms. The first kappa shape index (κ1) is 16.5. The van der Waals surface area contributed by atoms with Crippen LogP contribution in [-0.4, -0.2) is 38.0 Å². The second-order valence-electron chi connectivity index (χ2n) is 6.24. The summed E-state index contributed by atoms with van der Waals surface area (Å²) in [5, 5.41) is 7.69. The Kier molecular flexibility index (Phi) is 4.08. The minimum Gasteiger partial charge on any atom is -0.399 e. The van der Waals surface area contributed by atoms with Gasteiger partial charge in [-0.25, -0.2) is 4.98 Å². The van der Waals surface area contributed by atoms with Gasteiger partial charge in [0.2, 0.25) is 5.91 Å². The number of nitrogens with two attached hydrogens (primary N) is 1. The molecule has 3 N–H and O–H groups in total. The third-order valence-electron chi connectivity index (χ3n) is 4.33. The molecule has 0 radical (unpaired) electrons. The molecule has 1 aliphatic rings. The predicted octanol–water partition coefficient (Wildman–Crippen LogP) is 2.08. The Morgan fingerprint density at radius 1 is 1.27 bits per heavy atom. The average molecular weight is 370 g/mol. The Balaban J connectivity index is 1.55. The maximum absolute atomic E-state index is 12.6. The third kappa shape index (κ3) is 3.13. The molecule has 0 unspecified atom stereocenters. The van der Waals surface area contributed by atoms with E-state index >= 15 is 0 Å². The van der Waals surface area contributed by atoms with Crippen LogP contribution < -0.4 is 11.1 Å². The Bertz CT molecular complexity index is 1010. The van der Waals surface area contributed by atoms with Crippen molar-refractivity contribution in [3.63, 3.8) is 0 Å². The molecule has 4 rings (SSSR count). The summed E-state index contributed by atoms with van der Waals surface area (Å²) in [5.74, 6) is -0.286. The van der Waals surface area contributed by atoms with Crippen LogP contribution in [0.4, 0.5) is 10.8 Å². The number of nitrogens with one attached hydrogen (secondary N) is 1. The molecule has 2 aromatic heterocycles. The smallest absolute Gasteiger partial charge is 0.277 e. The molecule has 1 aromatic carbocycles. The number of benzene rings is 1. The van der Waals surface area contributed by atoms with E-state index < -0.39 is 0 Å². The maximum atomic E-state index is 12.6. The molecule has 3 aromatic rings. The van der Waals surface area contributed by atoms with Crippen LogP contribution in [0.25, 0.3) is 10.2 Å². The Morgan fingerprint density at radius 2 is 2.12 bits per heavy atom. The van der Waals surface area contributed by atoms with Gasteiger partial charge in [0.05, 0.1) is 22.5 Å². The van der Waals surface area contributed by atoms with Gasteiger partial charge < -0.3 is 10.6 Å². The van der Waals surface area contributed by atoms with Gasteiger partial charge in [0, 0.05) is 25.7 Å². The van der Waals surface area contributed by atoms with Crippen molar-refractivity contribution in [2.45, 2.75) is 26.4 Å². The van der Waals surface area contributed by atoms with Gasteiger partial charge in [-0.2, -0.15) is 5.10 Å². The summed E-state index contributed by atoms with van der Waals surface area (Å²) in [5.41, 5.74) is 8.41. The number of nitrogens with zero attached hydrogens (tertiary/aromatic N) is 4. The van der Waals surface area contributed by atoms with Crippen LogP contribution in [0.2, 0.25) is 0 Å². The number of anilines is 2. The van der Waals surface area contributed by atoms with Crippen LogP contribution in [0, 0.1) is 0 Å². The molecular formula is C17H18N6O2S. The normalized spacial score (nSPS) is 14.1. The van der Waals surface area contributed by atoms with Crippen molar-refractivity contribution in [2.24, 2.45) is 0 Å². The molecule has 0 atom stereocenters. The zero-order valence-corrected chi connectivity index (χ0v) is 15.0. The van der Waals surface area contributed by atoms with Crippen molar-refractivity contribution in [3.8, 4) is 0 Å². The van der Waals surface area contributed by atoms with Crippen LogP contribution in [0.3, 0.4) is 0 Å². The number of aromatic nitrogens is 3. The lowest BCUT2D eigenvalue weighted by atomic mass is 10.3. The molecular weight excluding hydrogens is 352 g/mol. The van der Waals surface area contributed by atoms with E-state index in [-0.39, 0.29) is 11.8 Å². The number of amides is 2. The van der Waals surface area contributed by atoms with E-state index in [4.69, 9.17) is 5.73 Å². The number of aryl methyl sites for hydroxylation is 1. The van der Waals surface area contributed by atoms with E-state index in [1.54, 1.807) is 28.6 Å². The van der Waals surface area contributed by atoms with Crippen LogP contribution in [0.5, 0.6) is 0 Å². The number of carbonyl (C=O) groups excluding carboxylic acids is 2. The number of hydrogen-bond donors (Lipinski definition) is 2. The molecule has 0 bridgehead atoms. The lowest BCUT2D eigenvalue weighted by Gasteiger charge is -2.17. The predicted molar refractivity (Wildman–Crippen MR) is 99.9 cm³/mol. The third-order valence-corrected chi connectivity index (χ3v) is 5.26. The maximum Gasteiger partial charge on any atom is 0.277 e. The van der Waals surface area contributed by atoms with E-state index in [1.165, 1.54) is 11.3 Å². The van der Waals surface area contributed by atoms with Gasteiger partial charge in [-0.3, -0.25) is 19.6 Å². The summed E-state index contributed by atoms with van der Waals surface area (Å²) in [6.07, 6.45) is 0.814. The number of carbonyl (C=O) groups is 2. The molecule has 0 fully saturated rings. The lowest BCUT2D eigenvalue weighted by Crippen LogP contribution is -2.28. The first-order valence-corrected chi connectivity index (χ1v) is 9.11. The van der Waals surface area contributed by atoms with Crippen molar-refractivity contribution in [1.82, 2.24) is 19.7 Å². The van der Waals surface area contributed by atoms with Gasteiger partial charge in [0.25, 0.3) is 5.91 Å². The van der Waals surface area contributed by atoms with E-state index in [0.29, 0.717) is 36.1 Å². The summed E-state index contributed by atoms with van der Waals surface area (Å²) in [7, 11) is 0. The largest absolute Gasteiger partial charge is 0.399 e. The standard InChI is InChI=1S/C17H18N6O2S/c1-10(24)22-5-2-6-23-12(9-22)8-14(21-23)16(25)20-17-19-13-4-3-11(18)7-15(13)26-17/h3-4,7-8H,2,5-6,9,18H2,1H3,(H,19,20,25). The molecule has 26 heavy (non-hydrogen) atoms. The Labute approximate surface area is 153 Å². The molecule has 8 nitrogen and oxygen atoms in total. The van der Waals surface area contributed by atoms with E-state index in [1.807, 2.05) is 12.1 Å². The summed E-state index contributed by atoms with van der Waals surface area (Å²) < 4.78 is 2.72. The number of nitrogen functional groups attached to an aromatic ring is 1. The van der Waals surface area contributed by atoms with Crippen molar-refractivity contribution >= 4 is 44.2 Å². The molecule has 0 saturated carbocycles. The second kappa shape index (κ2) is 6.41. The minimum atomic E-state index is -0.313. The van der Waals surface area contributed by atoms with Crippen LogP contribution in [0.1, 0.15) is 29.5 Å². The second-order valence-corrected chi connectivity index (χ2v) is 7.27. The van der Waals surface area contributed by atoms with Gasteiger partial charge in [0.1, 0.15) is 0 Å². The van der Waals surface area contributed by atoms with Crippen molar-refractivity contribution in [1.29, 1.82) is 0 Å². The summed E-state index contributed by atoms with van der Waals surface area (Å²) in [4.78, 5) is 30.4. The topological polar surface area (TPSA) is 106 Å². The average Bonchev–Trinajstić information content (AvgIpc) is 3.11. The van der Waals surface area contributed by atoms with Gasteiger partial charge in [0.15, 0.2) is 10.8 Å². The van der Waals surface area contributed by atoms with Gasteiger partial charge in [-0.1, -0.05) is 11.3 Å². The number of rotatable bonds is 2. The monoisotopic (exact) mass is 370 g/mol. The lowest BCUT2D eigenvalue weighted by molar-refractivity contribution is -0.129. The quantitative estimate of drug-likeness (QED) is 0.672. The molecule has 2 amide bonds. The Hall–Kier alpha value is -2.94. The molecule has 1 aliphatic heterocycles. The molecule has 0 saturated heterocycles. The van der Waals surface area contributed by atoms with Crippen molar-refractivity contribution < 1.29 is 9.59 Å². The van der Waals surface area contributed by atoms with E-state index in [9.17, 15) is 9.59 Å². The number of thiazole rings is 1. The van der Waals surface area contributed by atoms with E-state index in [0.717, 1.165) is 22.3 Å². The molecule has 3 heterocycles. The first-order chi connectivity index (χ1) is 12.5. The van der Waals surface area contributed by atoms with Crippen molar-refractivity contribution in [3.05, 3.63) is 35.7 Å². The summed E-state index contributed by atoms with van der Waals surface area (Å²) >= 11 is 1.37. The van der Waals surface area contributed by atoms with Crippen LogP contribution in [-0.2, 0) is 17.9 Å². The fourth-order valence-electron chi connectivity index (χ4n) is 3.00. The van der Waals surface area contributed by atoms with E-state index in [2.05, 4.69) is 15.4 Å². The highest BCUT2D eigenvalue weighted by molar-refractivity contribution is 7.22. The summed E-state index contributed by atoms with van der Waals surface area (Å²) in [6, 6.07) is 7.17. The van der Waals surface area contributed by atoms with Crippen LogP contribution in [0.15, 0.2) is 24.3 Å². The minimum absolute atomic E-state index is 0.0272. The van der Waals surface area contributed by atoms with Gasteiger partial charge >= 0.3 is 0 Å². The SMILES string of the molecule is CC(=O)N1CCCn2nc(C(=O)Nc3nc4ccc(N)cc4s3)cc2C1. The molecule has 9 heteroatoms. The highest BCUT2D eigenvalue weighted by atomic mass is 32.1. The fourth-order valence-corrected chi connectivity index (χ4v) is 3.91.